The molecule has 0 unspecified atom stereocenters. The van der Waals surface area contributed by atoms with Crippen molar-refractivity contribution < 1.29 is 19.5 Å². The average Bonchev–Trinajstić information content (AvgIpc) is 2.85. The number of rotatable bonds is 22. The minimum Gasteiger partial charge on any atom is -0.427 e. The van der Waals surface area contributed by atoms with E-state index in [1.165, 1.54) is 86.3 Å². The molecule has 1 rings (SSSR count). The lowest BCUT2D eigenvalue weighted by Gasteiger charge is -2.38. The monoisotopic (exact) mass is 558 g/mol. The zero-order valence-corrected chi connectivity index (χ0v) is 28.2. The quantitative estimate of drug-likeness (QED) is 0.125. The molecule has 6 heteroatoms. The fourth-order valence-corrected chi connectivity index (χ4v) is 4.59. The molecule has 1 aromatic carbocycles. The predicted molar refractivity (Wildman–Crippen MR) is 177 cm³/mol. The van der Waals surface area contributed by atoms with Gasteiger partial charge < -0.3 is 19.5 Å². The number of benzene rings is 1. The van der Waals surface area contributed by atoms with Crippen molar-refractivity contribution in [3.63, 3.8) is 0 Å². The maximum atomic E-state index is 10.7. The Bertz CT molecular complexity index is 768. The van der Waals surface area contributed by atoms with Crippen LogP contribution in [-0.2, 0) is 22.2 Å². The molecule has 0 saturated heterocycles. The van der Waals surface area contributed by atoms with Crippen molar-refractivity contribution >= 4 is 25.9 Å². The predicted octanol–water partition coefficient (Wildman–Crippen LogP) is 6.58. The lowest BCUT2D eigenvalue weighted by atomic mass is 9.72. The fourth-order valence-electron chi connectivity index (χ4n) is 4.59. The van der Waals surface area contributed by atoms with Crippen LogP contribution in [0.1, 0.15) is 157 Å². The Morgan fingerprint density at radius 3 is 1.12 bits per heavy atom. The van der Waals surface area contributed by atoms with Gasteiger partial charge in [0.2, 0.25) is 0 Å². The van der Waals surface area contributed by atoms with Crippen molar-refractivity contribution in [1.29, 1.82) is 0 Å². The van der Waals surface area contributed by atoms with Crippen molar-refractivity contribution in [2.75, 3.05) is 0 Å². The van der Waals surface area contributed by atoms with E-state index in [2.05, 4.69) is 26.0 Å². The topological polar surface area (TPSA) is 58.9 Å². The molecule has 4 nitrogen and oxygen atoms in total. The zero-order valence-electron chi connectivity index (χ0n) is 28.2. The van der Waals surface area contributed by atoms with Crippen molar-refractivity contribution in [1.82, 2.24) is 0 Å². The van der Waals surface area contributed by atoms with Gasteiger partial charge >= 0.3 is 15.0 Å². The van der Waals surface area contributed by atoms with Crippen molar-refractivity contribution in [3.8, 4) is 0 Å². The molecule has 0 atom stereocenters. The Morgan fingerprint density at radius 1 is 0.525 bits per heavy atom. The first-order valence-corrected chi connectivity index (χ1v) is 16.4. The minimum atomic E-state index is -0.940. The van der Waals surface area contributed by atoms with Crippen LogP contribution in [0.5, 0.6) is 0 Å². The van der Waals surface area contributed by atoms with Gasteiger partial charge in [-0.3, -0.25) is 0 Å². The van der Waals surface area contributed by atoms with Crippen LogP contribution in [-0.4, -0.2) is 47.6 Å². The van der Waals surface area contributed by atoms with E-state index in [1.807, 2.05) is 55.4 Å². The van der Waals surface area contributed by atoms with Crippen LogP contribution in [0.3, 0.4) is 0 Å². The van der Waals surface area contributed by atoms with Crippen LogP contribution >= 0.6 is 0 Å². The summed E-state index contributed by atoms with van der Waals surface area (Å²) in [4.78, 5) is 0. The summed E-state index contributed by atoms with van der Waals surface area (Å²) in [7, 11) is 0.976. The van der Waals surface area contributed by atoms with Gasteiger partial charge in [-0.2, -0.15) is 0 Å². The Labute approximate surface area is 250 Å². The van der Waals surface area contributed by atoms with E-state index in [0.717, 1.165) is 25.7 Å². The Balaban J connectivity index is 3.26. The summed E-state index contributed by atoms with van der Waals surface area (Å²) >= 11 is 0. The number of aryl methyl sites for hydroxylation is 2. The second-order valence-corrected chi connectivity index (χ2v) is 14.1. The molecule has 1 aromatic rings. The SMILES string of the molecule is CCCCCCCCc1cc(BOC(C)(C)C(C)(C)O)c(CCCCCCCC)cc1BOC(C)(C)C(C)(C)O. The molecule has 0 amide bonds. The third-order valence-electron chi connectivity index (χ3n) is 9.24. The number of aliphatic hydroxyl groups is 2. The molecule has 0 aliphatic rings. The van der Waals surface area contributed by atoms with Gasteiger partial charge in [0, 0.05) is 0 Å². The van der Waals surface area contributed by atoms with E-state index < -0.39 is 22.4 Å². The fraction of sp³-hybridized carbons (Fsp3) is 0.824. The molecule has 0 heterocycles. The van der Waals surface area contributed by atoms with E-state index >= 15 is 0 Å². The normalized spacial score (nSPS) is 13.1. The number of hydrogen-bond acceptors (Lipinski definition) is 4. The molecule has 0 bridgehead atoms. The smallest absolute Gasteiger partial charge is 0.309 e. The van der Waals surface area contributed by atoms with Gasteiger partial charge in [-0.25, -0.2) is 0 Å². The highest BCUT2D eigenvalue weighted by Crippen LogP contribution is 2.26. The summed E-state index contributed by atoms with van der Waals surface area (Å²) in [6.07, 6.45) is 17.2. The second-order valence-electron chi connectivity index (χ2n) is 14.1. The lowest BCUT2D eigenvalue weighted by Crippen LogP contribution is -2.50. The first-order valence-electron chi connectivity index (χ1n) is 16.4. The highest BCUT2D eigenvalue weighted by Gasteiger charge is 2.37. The van der Waals surface area contributed by atoms with Gasteiger partial charge in [-0.1, -0.05) is 101 Å². The molecular weight excluding hydrogens is 494 g/mol. The van der Waals surface area contributed by atoms with Crippen LogP contribution in [0, 0.1) is 0 Å². The molecule has 0 spiro atoms. The van der Waals surface area contributed by atoms with Crippen LogP contribution in [0.2, 0.25) is 0 Å². The average molecular weight is 559 g/mol. The molecule has 0 saturated carbocycles. The largest absolute Gasteiger partial charge is 0.427 e. The van der Waals surface area contributed by atoms with Crippen molar-refractivity contribution in [2.45, 2.75) is 182 Å². The molecule has 0 radical (unpaired) electrons. The van der Waals surface area contributed by atoms with Crippen LogP contribution in [0.15, 0.2) is 12.1 Å². The van der Waals surface area contributed by atoms with Crippen LogP contribution in [0.4, 0.5) is 0 Å². The molecule has 40 heavy (non-hydrogen) atoms. The van der Waals surface area contributed by atoms with E-state index in [1.54, 1.807) is 0 Å². The van der Waals surface area contributed by atoms with E-state index in [-0.39, 0.29) is 0 Å². The first-order chi connectivity index (χ1) is 18.6. The van der Waals surface area contributed by atoms with E-state index in [9.17, 15) is 10.2 Å². The zero-order chi connectivity index (χ0) is 30.5. The summed E-state index contributed by atoms with van der Waals surface area (Å²) in [6, 6.07) is 4.71. The second kappa shape index (κ2) is 17.3. The van der Waals surface area contributed by atoms with Gasteiger partial charge in [0.1, 0.15) is 0 Å². The summed E-state index contributed by atoms with van der Waals surface area (Å²) in [5.74, 6) is 0. The van der Waals surface area contributed by atoms with Gasteiger partial charge in [0.25, 0.3) is 0 Å². The first kappa shape index (κ1) is 37.2. The Morgan fingerprint density at radius 2 is 0.825 bits per heavy atom. The third kappa shape index (κ3) is 13.0. The maximum Gasteiger partial charge on any atom is 0.309 e. The van der Waals surface area contributed by atoms with Gasteiger partial charge in [0.05, 0.1) is 22.4 Å². The Kier molecular flexibility index (Phi) is 16.1. The van der Waals surface area contributed by atoms with E-state index in [0.29, 0.717) is 15.0 Å². The van der Waals surface area contributed by atoms with Gasteiger partial charge in [0.15, 0.2) is 0 Å². The molecule has 0 aromatic heterocycles. The highest BCUT2D eigenvalue weighted by atomic mass is 16.5. The summed E-state index contributed by atoms with van der Waals surface area (Å²) < 4.78 is 12.8. The van der Waals surface area contributed by atoms with Crippen molar-refractivity contribution in [2.24, 2.45) is 0 Å². The highest BCUT2D eigenvalue weighted by molar-refractivity contribution is 6.50. The van der Waals surface area contributed by atoms with E-state index in [4.69, 9.17) is 9.31 Å². The standard InChI is InChI=1S/C34H64B2O4/c1-11-13-15-17-19-21-23-27-25-30(36-40-34(9,10)32(5,6)38)28(24-22-20-18-16-14-12-2)26-29(27)35-39-33(7,8)31(3,4)37/h25-26,35-38H,11-24H2,1-10H3. The molecule has 0 aliphatic carbocycles. The molecule has 0 aliphatic heterocycles. The van der Waals surface area contributed by atoms with Crippen molar-refractivity contribution in [3.05, 3.63) is 23.3 Å². The Hall–Kier alpha value is -0.810. The summed E-state index contributed by atoms with van der Waals surface area (Å²) in [5, 5.41) is 21.4. The minimum absolute atomic E-state index is 0.488. The summed E-state index contributed by atoms with van der Waals surface area (Å²) in [6.45, 7) is 19.7. The third-order valence-corrected chi connectivity index (χ3v) is 9.24. The van der Waals surface area contributed by atoms with Gasteiger partial charge in [-0.05, 0) is 92.0 Å². The van der Waals surface area contributed by atoms with Crippen LogP contribution in [0.25, 0.3) is 0 Å². The molecule has 2 N–H and O–H groups in total. The van der Waals surface area contributed by atoms with Crippen LogP contribution < -0.4 is 10.9 Å². The lowest BCUT2D eigenvalue weighted by molar-refractivity contribution is -0.0893. The molecular formula is C34H64B2O4. The number of unbranched alkanes of at least 4 members (excludes halogenated alkanes) is 10. The molecule has 0 fully saturated rings. The summed E-state index contributed by atoms with van der Waals surface area (Å²) in [5.41, 5.74) is 1.91. The van der Waals surface area contributed by atoms with Gasteiger partial charge in [-0.15, -0.1) is 0 Å². The number of hydrogen-bond donors (Lipinski definition) is 2. The molecule has 230 valence electrons. The maximum absolute atomic E-state index is 10.7.